The molecule has 3 heterocycles. The van der Waals surface area contributed by atoms with Gasteiger partial charge in [0.25, 0.3) is 0 Å². The minimum Gasteiger partial charge on any atom is -0.481 e. The van der Waals surface area contributed by atoms with Crippen LogP contribution in [0.2, 0.25) is 0 Å². The third-order valence-electron chi connectivity index (χ3n) is 7.66. The molecular formula is C29H41N5O7. The number of carbonyl (C=O) groups is 4. The highest BCUT2D eigenvalue weighted by Gasteiger charge is 2.50. The highest BCUT2D eigenvalue weighted by atomic mass is 16.6. The van der Waals surface area contributed by atoms with Crippen LogP contribution in [0, 0.1) is 0 Å². The van der Waals surface area contributed by atoms with Crippen molar-refractivity contribution in [1.82, 2.24) is 25.8 Å². The lowest BCUT2D eigenvalue weighted by Gasteiger charge is -2.27. The van der Waals surface area contributed by atoms with Gasteiger partial charge in [0.05, 0.1) is 39.5 Å². The fourth-order valence-corrected chi connectivity index (χ4v) is 5.03. The monoisotopic (exact) mass is 571 g/mol. The highest BCUT2D eigenvalue weighted by Crippen LogP contribution is 2.31. The van der Waals surface area contributed by atoms with Gasteiger partial charge in [-0.15, -0.1) is 0 Å². The van der Waals surface area contributed by atoms with Gasteiger partial charge >= 0.3 is 0 Å². The Bertz CT molecular complexity index is 1150. The van der Waals surface area contributed by atoms with Crippen molar-refractivity contribution in [2.45, 2.75) is 69.7 Å². The number of amides is 3. The predicted molar refractivity (Wildman–Crippen MR) is 149 cm³/mol. The standard InChI is InChI=1S/C29H41N5O7/c1-19(31-24(35)17-34-10-12-40-13-11-34)27(37)33-23(15-21-8-9-30-25(16-21)39-3)28(38)32-22(14-20-6-4-5-7-20)26(36)29(2)18-41-29/h6,8-9,16,19,22-23H,4-5,7,10-15,17-18H2,1-3H3,(H,31,35)(H,32,38)(H,33,37). The lowest BCUT2D eigenvalue weighted by atomic mass is 9.94. The van der Waals surface area contributed by atoms with Gasteiger partial charge < -0.3 is 30.2 Å². The lowest BCUT2D eigenvalue weighted by Crippen LogP contribution is -2.57. The number of morpholine rings is 1. The number of methoxy groups -OCH3 is 1. The molecule has 12 nitrogen and oxygen atoms in total. The van der Waals surface area contributed by atoms with Crippen LogP contribution in [0.25, 0.3) is 0 Å². The Hall–Kier alpha value is -3.35. The van der Waals surface area contributed by atoms with Crippen LogP contribution in [0.3, 0.4) is 0 Å². The van der Waals surface area contributed by atoms with Crippen LogP contribution in [0.4, 0.5) is 0 Å². The molecule has 4 unspecified atom stereocenters. The van der Waals surface area contributed by atoms with Crippen molar-refractivity contribution in [2.24, 2.45) is 0 Å². The first kappa shape index (κ1) is 30.6. The molecule has 2 saturated heterocycles. The third kappa shape index (κ3) is 8.82. The number of nitrogens with one attached hydrogen (secondary N) is 3. The zero-order valence-electron chi connectivity index (χ0n) is 24.1. The first-order chi connectivity index (χ1) is 19.7. The molecule has 1 aromatic rings. The second-order valence-electron chi connectivity index (χ2n) is 11.1. The fourth-order valence-electron chi connectivity index (χ4n) is 5.03. The minimum atomic E-state index is -1.02. The number of pyridine rings is 1. The van der Waals surface area contributed by atoms with Crippen molar-refractivity contribution >= 4 is 23.5 Å². The van der Waals surface area contributed by atoms with E-state index in [1.165, 1.54) is 7.11 Å². The fraction of sp³-hybridized carbons (Fsp3) is 0.621. The molecule has 0 bridgehead atoms. The highest BCUT2D eigenvalue weighted by molar-refractivity contribution is 5.98. The Labute approximate surface area is 240 Å². The number of ether oxygens (including phenoxy) is 3. The summed E-state index contributed by atoms with van der Waals surface area (Å²) in [5.41, 5.74) is 0.928. The first-order valence-corrected chi connectivity index (χ1v) is 14.2. The van der Waals surface area contributed by atoms with Crippen molar-refractivity contribution in [3.63, 3.8) is 0 Å². The molecule has 4 rings (SSSR count). The van der Waals surface area contributed by atoms with Gasteiger partial charge in [-0.25, -0.2) is 4.98 Å². The summed E-state index contributed by atoms with van der Waals surface area (Å²) in [5, 5.41) is 8.40. The van der Waals surface area contributed by atoms with Crippen LogP contribution in [-0.4, -0.2) is 104 Å². The summed E-state index contributed by atoms with van der Waals surface area (Å²) in [6, 6.07) is 0.731. The normalized spacial score (nSPS) is 22.6. The zero-order valence-corrected chi connectivity index (χ0v) is 24.1. The van der Waals surface area contributed by atoms with E-state index in [0.29, 0.717) is 50.8 Å². The second kappa shape index (κ2) is 14.0. The van der Waals surface area contributed by atoms with Gasteiger partial charge in [-0.1, -0.05) is 11.6 Å². The number of aromatic nitrogens is 1. The maximum atomic E-state index is 13.7. The van der Waals surface area contributed by atoms with Crippen molar-refractivity contribution in [3.8, 4) is 5.88 Å². The molecule has 12 heteroatoms. The number of Topliss-reactive ketones (excluding diaryl/α,β-unsaturated/α-hetero) is 1. The van der Waals surface area contributed by atoms with E-state index in [1.54, 1.807) is 32.2 Å². The Balaban J connectivity index is 1.45. The first-order valence-electron chi connectivity index (χ1n) is 14.2. The summed E-state index contributed by atoms with van der Waals surface area (Å²) in [5.74, 6) is -1.11. The summed E-state index contributed by atoms with van der Waals surface area (Å²) in [4.78, 5) is 58.8. The summed E-state index contributed by atoms with van der Waals surface area (Å²) < 4.78 is 15.9. The van der Waals surface area contributed by atoms with Gasteiger partial charge in [-0.2, -0.15) is 0 Å². The van der Waals surface area contributed by atoms with Crippen LogP contribution in [0.1, 0.15) is 45.1 Å². The Morgan fingerprint density at radius 2 is 1.83 bits per heavy atom. The molecule has 224 valence electrons. The van der Waals surface area contributed by atoms with Crippen molar-refractivity contribution in [2.75, 3.05) is 46.6 Å². The molecule has 41 heavy (non-hydrogen) atoms. The number of hydrogen-bond acceptors (Lipinski definition) is 9. The van der Waals surface area contributed by atoms with Gasteiger partial charge in [0.2, 0.25) is 23.6 Å². The molecule has 3 amide bonds. The van der Waals surface area contributed by atoms with Gasteiger partial charge in [0.1, 0.15) is 17.7 Å². The maximum absolute atomic E-state index is 13.7. The van der Waals surface area contributed by atoms with Crippen LogP contribution in [-0.2, 0) is 35.1 Å². The summed E-state index contributed by atoms with van der Waals surface area (Å²) >= 11 is 0. The largest absolute Gasteiger partial charge is 0.481 e. The molecule has 3 aliphatic rings. The molecule has 0 spiro atoms. The topological polar surface area (TPSA) is 151 Å². The molecule has 2 fully saturated rings. The Morgan fingerprint density at radius 1 is 1.10 bits per heavy atom. The number of carbonyl (C=O) groups excluding carboxylic acids is 4. The minimum absolute atomic E-state index is 0.127. The van der Waals surface area contributed by atoms with Crippen molar-refractivity contribution in [3.05, 3.63) is 35.5 Å². The average Bonchev–Trinajstić information content (AvgIpc) is 3.50. The van der Waals surface area contributed by atoms with Crippen LogP contribution in [0.5, 0.6) is 5.88 Å². The Kier molecular flexibility index (Phi) is 10.5. The van der Waals surface area contributed by atoms with E-state index in [0.717, 1.165) is 24.8 Å². The quantitative estimate of drug-likeness (QED) is 0.211. The lowest BCUT2D eigenvalue weighted by molar-refractivity contribution is -0.134. The van der Waals surface area contributed by atoms with Crippen molar-refractivity contribution in [1.29, 1.82) is 0 Å². The number of rotatable bonds is 14. The number of allylic oxidation sites excluding steroid dienone is 1. The number of ketones is 1. The van der Waals surface area contributed by atoms with Gasteiger partial charge in [0, 0.05) is 31.8 Å². The zero-order chi connectivity index (χ0) is 29.4. The van der Waals surface area contributed by atoms with E-state index in [4.69, 9.17) is 14.2 Å². The molecular weight excluding hydrogens is 530 g/mol. The molecule has 0 saturated carbocycles. The Morgan fingerprint density at radius 3 is 2.49 bits per heavy atom. The van der Waals surface area contributed by atoms with E-state index in [-0.39, 0.29) is 24.7 Å². The van der Waals surface area contributed by atoms with E-state index in [2.05, 4.69) is 27.0 Å². The molecule has 1 aliphatic carbocycles. The van der Waals surface area contributed by atoms with Crippen LogP contribution < -0.4 is 20.7 Å². The number of epoxide rings is 1. The van der Waals surface area contributed by atoms with Crippen molar-refractivity contribution < 1.29 is 33.4 Å². The average molecular weight is 572 g/mol. The second-order valence-corrected chi connectivity index (χ2v) is 11.1. The maximum Gasteiger partial charge on any atom is 0.243 e. The van der Waals surface area contributed by atoms with Gasteiger partial charge in [-0.3, -0.25) is 24.1 Å². The smallest absolute Gasteiger partial charge is 0.243 e. The number of nitrogens with zero attached hydrogens (tertiary/aromatic N) is 2. The summed E-state index contributed by atoms with van der Waals surface area (Å²) in [7, 11) is 1.49. The van der Waals surface area contributed by atoms with E-state index < -0.39 is 35.5 Å². The predicted octanol–water partition coefficient (Wildman–Crippen LogP) is 0.298. The van der Waals surface area contributed by atoms with Gasteiger partial charge in [-0.05, 0) is 51.2 Å². The molecule has 1 aromatic heterocycles. The molecule has 2 aliphatic heterocycles. The number of hydrogen-bond donors (Lipinski definition) is 3. The third-order valence-corrected chi connectivity index (χ3v) is 7.66. The van der Waals surface area contributed by atoms with Crippen LogP contribution >= 0.6 is 0 Å². The molecule has 0 radical (unpaired) electrons. The molecule has 3 N–H and O–H groups in total. The van der Waals surface area contributed by atoms with E-state index in [1.807, 2.05) is 4.90 Å². The molecule has 4 atom stereocenters. The summed E-state index contributed by atoms with van der Waals surface area (Å²) in [6.45, 7) is 6.18. The summed E-state index contributed by atoms with van der Waals surface area (Å²) in [6.07, 6.45) is 7.07. The van der Waals surface area contributed by atoms with E-state index in [9.17, 15) is 19.2 Å². The van der Waals surface area contributed by atoms with Gasteiger partial charge in [0.15, 0.2) is 5.78 Å². The van der Waals surface area contributed by atoms with Crippen LogP contribution in [0.15, 0.2) is 30.0 Å². The van der Waals surface area contributed by atoms with E-state index >= 15 is 0 Å². The molecule has 0 aromatic carbocycles. The SMILES string of the molecule is COc1cc(CC(NC(=O)C(C)NC(=O)CN2CCOCC2)C(=O)NC(CC2=CCCC2)C(=O)C2(C)CO2)ccn1.